The third-order valence-corrected chi connectivity index (χ3v) is 2.17. The number of rotatable bonds is 3. The number of Topliss-reactive ketones (excluding diaryl/α,β-unsaturated/α-hetero) is 1. The van der Waals surface area contributed by atoms with Crippen molar-refractivity contribution in [2.75, 3.05) is 7.11 Å². The molecule has 0 spiro atoms. The van der Waals surface area contributed by atoms with Crippen LogP contribution in [0.15, 0.2) is 24.3 Å². The van der Waals surface area contributed by atoms with Gasteiger partial charge in [-0.1, -0.05) is 23.7 Å². The van der Waals surface area contributed by atoms with Gasteiger partial charge in [0.05, 0.1) is 13.2 Å². The van der Waals surface area contributed by atoms with Crippen LogP contribution in [0.5, 0.6) is 0 Å². The van der Waals surface area contributed by atoms with Gasteiger partial charge in [-0.05, 0) is 12.1 Å². The zero-order valence-corrected chi connectivity index (χ0v) is 9.19. The first-order valence-electron chi connectivity index (χ1n) is 4.37. The van der Waals surface area contributed by atoms with E-state index >= 15 is 0 Å². The Kier molecular flexibility index (Phi) is 4.03. The minimum atomic E-state index is -1.44. The molecule has 1 aromatic rings. The zero-order chi connectivity index (χ0) is 12.1. The molecule has 0 radical (unpaired) electrons. The number of hydrogen-bond donors (Lipinski definition) is 0. The maximum atomic E-state index is 11.7. The summed E-state index contributed by atoms with van der Waals surface area (Å²) >= 11 is 5.70. The first-order chi connectivity index (χ1) is 7.60. The largest absolute Gasteiger partial charge is 0.468 e. The first kappa shape index (κ1) is 12.2. The molecular formula is C11H8ClNO3. The van der Waals surface area contributed by atoms with Gasteiger partial charge in [-0.3, -0.25) is 9.59 Å². The number of benzene rings is 1. The van der Waals surface area contributed by atoms with Crippen LogP contribution < -0.4 is 0 Å². The second kappa shape index (κ2) is 5.29. The summed E-state index contributed by atoms with van der Waals surface area (Å²) in [5, 5.41) is 9.09. The molecule has 16 heavy (non-hydrogen) atoms. The third kappa shape index (κ3) is 2.59. The highest BCUT2D eigenvalue weighted by atomic mass is 35.5. The molecular weight excluding hydrogens is 230 g/mol. The number of hydrogen-bond acceptors (Lipinski definition) is 4. The Bertz CT molecular complexity index is 465. The second-order valence-electron chi connectivity index (χ2n) is 2.96. The van der Waals surface area contributed by atoms with Crippen LogP contribution in [0.3, 0.4) is 0 Å². The van der Waals surface area contributed by atoms with E-state index in [9.17, 15) is 9.59 Å². The Labute approximate surface area is 97.4 Å². The van der Waals surface area contributed by atoms with Crippen LogP contribution in [0.4, 0.5) is 0 Å². The number of halogens is 1. The Hall–Kier alpha value is -1.86. The van der Waals surface area contributed by atoms with Crippen LogP contribution in [0.1, 0.15) is 10.4 Å². The highest BCUT2D eigenvalue weighted by Gasteiger charge is 2.28. The maximum Gasteiger partial charge on any atom is 0.331 e. The summed E-state index contributed by atoms with van der Waals surface area (Å²) in [6.45, 7) is 0. The maximum absolute atomic E-state index is 11.7. The second-order valence-corrected chi connectivity index (χ2v) is 3.40. The summed E-state index contributed by atoms with van der Waals surface area (Å²) in [7, 11) is 1.12. The van der Waals surface area contributed by atoms with Crippen LogP contribution in [0, 0.1) is 17.2 Å². The SMILES string of the molecule is COC(=O)[C@@H](C#N)C(=O)c1cccc(Cl)c1. The van der Waals surface area contributed by atoms with E-state index in [0.29, 0.717) is 5.02 Å². The lowest BCUT2D eigenvalue weighted by atomic mass is 9.99. The molecule has 0 fully saturated rings. The average Bonchev–Trinajstić information content (AvgIpc) is 2.29. The monoisotopic (exact) mass is 237 g/mol. The molecule has 0 bridgehead atoms. The van der Waals surface area contributed by atoms with Crippen molar-refractivity contribution in [3.05, 3.63) is 34.9 Å². The minimum Gasteiger partial charge on any atom is -0.468 e. The summed E-state index contributed by atoms with van der Waals surface area (Å²) < 4.78 is 4.36. The van der Waals surface area contributed by atoms with Gasteiger partial charge in [-0.2, -0.15) is 5.26 Å². The standard InChI is InChI=1S/C11H8ClNO3/c1-16-11(15)9(6-13)10(14)7-3-2-4-8(12)5-7/h2-5,9H,1H3/t9-/m0/s1. The Balaban J connectivity index is 3.02. The van der Waals surface area contributed by atoms with E-state index in [2.05, 4.69) is 4.74 Å². The van der Waals surface area contributed by atoms with Crippen molar-refractivity contribution in [1.82, 2.24) is 0 Å². The Morgan fingerprint density at radius 1 is 1.50 bits per heavy atom. The lowest BCUT2D eigenvalue weighted by Crippen LogP contribution is -2.23. The van der Waals surface area contributed by atoms with Gasteiger partial charge in [0.2, 0.25) is 5.92 Å². The van der Waals surface area contributed by atoms with E-state index in [-0.39, 0.29) is 5.56 Å². The van der Waals surface area contributed by atoms with Crippen molar-refractivity contribution in [3.63, 3.8) is 0 Å². The summed E-state index contributed by atoms with van der Waals surface area (Å²) in [6, 6.07) is 7.66. The fraction of sp³-hybridized carbons (Fsp3) is 0.182. The molecule has 4 nitrogen and oxygen atoms in total. The van der Waals surface area contributed by atoms with Crippen molar-refractivity contribution >= 4 is 23.4 Å². The molecule has 1 atom stereocenters. The van der Waals surface area contributed by atoms with Gasteiger partial charge in [-0.25, -0.2) is 0 Å². The molecule has 1 rings (SSSR count). The molecule has 0 aromatic heterocycles. The van der Waals surface area contributed by atoms with Gasteiger partial charge in [0, 0.05) is 10.6 Å². The number of nitrogens with zero attached hydrogens (tertiary/aromatic N) is 1. The van der Waals surface area contributed by atoms with Crippen LogP contribution in [0.2, 0.25) is 5.02 Å². The number of carbonyl (C=O) groups excluding carboxylic acids is 2. The fourth-order valence-corrected chi connectivity index (χ4v) is 1.33. The van der Waals surface area contributed by atoms with Crippen molar-refractivity contribution in [2.45, 2.75) is 0 Å². The van der Waals surface area contributed by atoms with Crippen molar-refractivity contribution in [2.24, 2.45) is 5.92 Å². The number of methoxy groups -OCH3 is 1. The molecule has 0 aliphatic rings. The number of ether oxygens (including phenoxy) is 1. The quantitative estimate of drug-likeness (QED) is 0.457. The molecule has 0 aliphatic carbocycles. The Morgan fingerprint density at radius 3 is 2.69 bits per heavy atom. The normalized spacial score (nSPS) is 11.3. The molecule has 1 aromatic carbocycles. The predicted octanol–water partition coefficient (Wildman–Crippen LogP) is 1.84. The molecule has 0 N–H and O–H groups in total. The average molecular weight is 238 g/mol. The van der Waals surface area contributed by atoms with Crippen LogP contribution in [-0.4, -0.2) is 18.9 Å². The zero-order valence-electron chi connectivity index (χ0n) is 8.44. The summed E-state index contributed by atoms with van der Waals surface area (Å²) in [5.74, 6) is -2.92. The smallest absolute Gasteiger partial charge is 0.331 e. The number of ketones is 1. The Morgan fingerprint density at radius 2 is 2.19 bits per heavy atom. The number of carbonyl (C=O) groups is 2. The number of nitriles is 1. The summed E-state index contributed by atoms with van der Waals surface area (Å²) in [5.41, 5.74) is 0.212. The fourth-order valence-electron chi connectivity index (χ4n) is 1.14. The highest BCUT2D eigenvalue weighted by molar-refractivity contribution is 6.31. The van der Waals surface area contributed by atoms with E-state index in [1.807, 2.05) is 0 Å². The predicted molar refractivity (Wildman–Crippen MR) is 56.9 cm³/mol. The van der Waals surface area contributed by atoms with E-state index in [0.717, 1.165) is 7.11 Å². The van der Waals surface area contributed by atoms with Gasteiger partial charge >= 0.3 is 5.97 Å². The van der Waals surface area contributed by atoms with Gasteiger partial charge < -0.3 is 4.74 Å². The van der Waals surface area contributed by atoms with E-state index < -0.39 is 17.7 Å². The molecule has 0 unspecified atom stereocenters. The van der Waals surface area contributed by atoms with Gasteiger partial charge in [0.1, 0.15) is 0 Å². The molecule has 0 amide bonds. The van der Waals surface area contributed by atoms with Crippen molar-refractivity contribution in [1.29, 1.82) is 5.26 Å². The molecule has 82 valence electrons. The summed E-state index contributed by atoms with van der Waals surface area (Å²) in [4.78, 5) is 22.9. The lowest BCUT2D eigenvalue weighted by molar-refractivity contribution is -0.141. The lowest BCUT2D eigenvalue weighted by Gasteiger charge is -2.05. The molecule has 0 saturated heterocycles. The minimum absolute atomic E-state index is 0.212. The van der Waals surface area contributed by atoms with Crippen LogP contribution >= 0.6 is 11.6 Å². The molecule has 0 aliphatic heterocycles. The van der Waals surface area contributed by atoms with Crippen LogP contribution in [0.25, 0.3) is 0 Å². The van der Waals surface area contributed by atoms with Gasteiger partial charge in [0.15, 0.2) is 5.78 Å². The molecule has 5 heteroatoms. The van der Waals surface area contributed by atoms with E-state index in [1.54, 1.807) is 18.2 Å². The van der Waals surface area contributed by atoms with Crippen molar-refractivity contribution < 1.29 is 14.3 Å². The van der Waals surface area contributed by atoms with Gasteiger partial charge in [0.25, 0.3) is 0 Å². The molecule has 0 heterocycles. The topological polar surface area (TPSA) is 67.2 Å². The van der Waals surface area contributed by atoms with Gasteiger partial charge in [-0.15, -0.1) is 0 Å². The van der Waals surface area contributed by atoms with E-state index in [4.69, 9.17) is 16.9 Å². The van der Waals surface area contributed by atoms with Crippen LogP contribution in [-0.2, 0) is 9.53 Å². The van der Waals surface area contributed by atoms with E-state index in [1.165, 1.54) is 12.1 Å². The first-order valence-corrected chi connectivity index (χ1v) is 4.75. The number of esters is 1. The molecule has 0 saturated carbocycles. The third-order valence-electron chi connectivity index (χ3n) is 1.94. The summed E-state index contributed by atoms with van der Waals surface area (Å²) in [6.07, 6.45) is 0. The van der Waals surface area contributed by atoms with Crippen molar-refractivity contribution in [3.8, 4) is 6.07 Å². The highest BCUT2D eigenvalue weighted by Crippen LogP contribution is 2.15.